The fraction of sp³-hybridized carbons (Fsp3) is 0.353. The second kappa shape index (κ2) is 8.09. The number of morpholine rings is 1. The average molecular weight is 374 g/mol. The van der Waals surface area contributed by atoms with E-state index in [-0.39, 0.29) is 0 Å². The van der Waals surface area contributed by atoms with Crippen LogP contribution in [0.15, 0.2) is 45.4 Å². The predicted octanol–water partition coefficient (Wildman–Crippen LogP) is 3.28. The first-order valence-electron chi connectivity index (χ1n) is 8.16. The van der Waals surface area contributed by atoms with Crippen LogP contribution in [0.1, 0.15) is 0 Å². The first-order chi connectivity index (χ1) is 12.4. The first-order valence-corrected chi connectivity index (χ1v) is 10.0. The molecule has 1 aromatic carbocycles. The molecule has 8 heteroatoms. The Morgan fingerprint density at radius 1 is 1.12 bits per heavy atom. The van der Waals surface area contributed by atoms with Gasteiger partial charge in [-0.15, -0.1) is 21.5 Å². The molecule has 1 fully saturated rings. The number of benzene rings is 1. The van der Waals surface area contributed by atoms with Crippen LogP contribution in [-0.4, -0.2) is 58.7 Å². The molecule has 3 heterocycles. The second-order valence-corrected chi connectivity index (χ2v) is 7.48. The fourth-order valence-corrected chi connectivity index (χ4v) is 4.10. The van der Waals surface area contributed by atoms with Gasteiger partial charge in [0.2, 0.25) is 0 Å². The molecule has 6 nitrogen and oxygen atoms in total. The van der Waals surface area contributed by atoms with Crippen molar-refractivity contribution in [3.63, 3.8) is 0 Å². The highest BCUT2D eigenvalue weighted by Gasteiger charge is 2.15. The summed E-state index contributed by atoms with van der Waals surface area (Å²) in [5, 5.41) is 11.8. The molecule has 0 aliphatic carbocycles. The van der Waals surface area contributed by atoms with Gasteiger partial charge >= 0.3 is 0 Å². The minimum Gasteiger partial charge on any atom is -0.410 e. The summed E-state index contributed by atoms with van der Waals surface area (Å²) in [6, 6.07) is 10.1. The van der Waals surface area contributed by atoms with Crippen LogP contribution in [0, 0.1) is 0 Å². The Bertz CT molecular complexity index is 800. The van der Waals surface area contributed by atoms with Crippen LogP contribution >= 0.6 is 23.1 Å². The van der Waals surface area contributed by atoms with Gasteiger partial charge in [0, 0.05) is 36.3 Å². The Labute approximate surface area is 154 Å². The molecule has 0 radical (unpaired) electrons. The summed E-state index contributed by atoms with van der Waals surface area (Å²) in [5.41, 5.74) is 1.83. The van der Waals surface area contributed by atoms with E-state index in [1.54, 1.807) is 23.1 Å². The van der Waals surface area contributed by atoms with Crippen molar-refractivity contribution >= 4 is 23.1 Å². The van der Waals surface area contributed by atoms with E-state index in [1.807, 2.05) is 35.7 Å². The smallest absolute Gasteiger partial charge is 0.276 e. The quantitative estimate of drug-likeness (QED) is 0.614. The third-order valence-electron chi connectivity index (χ3n) is 3.89. The maximum Gasteiger partial charge on any atom is 0.276 e. The van der Waals surface area contributed by atoms with Crippen molar-refractivity contribution in [1.29, 1.82) is 0 Å². The number of aromatic nitrogens is 3. The number of rotatable bonds is 6. The Balaban J connectivity index is 1.35. The van der Waals surface area contributed by atoms with E-state index < -0.39 is 0 Å². The molecule has 4 rings (SSSR count). The molecule has 0 saturated carbocycles. The minimum atomic E-state index is 0.479. The fourth-order valence-electron chi connectivity index (χ4n) is 2.54. The van der Waals surface area contributed by atoms with Crippen LogP contribution in [0.3, 0.4) is 0 Å². The molecule has 1 aliphatic heterocycles. The van der Waals surface area contributed by atoms with Gasteiger partial charge in [-0.25, -0.2) is 4.98 Å². The molecule has 1 aliphatic rings. The van der Waals surface area contributed by atoms with Gasteiger partial charge < -0.3 is 9.15 Å². The summed E-state index contributed by atoms with van der Waals surface area (Å²) >= 11 is 3.16. The van der Waals surface area contributed by atoms with Crippen molar-refractivity contribution in [2.24, 2.45) is 0 Å². The predicted molar refractivity (Wildman–Crippen MR) is 98.8 cm³/mol. The molecule has 0 amide bonds. The van der Waals surface area contributed by atoms with E-state index in [0.29, 0.717) is 11.1 Å². The van der Waals surface area contributed by atoms with Gasteiger partial charge in [0.25, 0.3) is 11.1 Å². The van der Waals surface area contributed by atoms with Gasteiger partial charge in [0.15, 0.2) is 0 Å². The molecular weight excluding hydrogens is 356 g/mol. The molecule has 0 atom stereocenters. The van der Waals surface area contributed by atoms with Crippen molar-refractivity contribution < 1.29 is 9.15 Å². The lowest BCUT2D eigenvalue weighted by molar-refractivity contribution is 0.0410. The van der Waals surface area contributed by atoms with Gasteiger partial charge in [0.05, 0.1) is 13.2 Å². The second-order valence-electron chi connectivity index (χ2n) is 5.58. The van der Waals surface area contributed by atoms with Crippen LogP contribution in [0.4, 0.5) is 0 Å². The monoisotopic (exact) mass is 374 g/mol. The highest BCUT2D eigenvalue weighted by atomic mass is 32.2. The van der Waals surface area contributed by atoms with Crippen LogP contribution < -0.4 is 0 Å². The molecule has 0 bridgehead atoms. The van der Waals surface area contributed by atoms with Gasteiger partial charge in [-0.3, -0.25) is 4.90 Å². The number of thioether (sulfide) groups is 1. The Hall–Kier alpha value is -1.74. The minimum absolute atomic E-state index is 0.479. The van der Waals surface area contributed by atoms with E-state index in [2.05, 4.69) is 20.1 Å². The third kappa shape index (κ3) is 4.27. The number of nitrogens with zero attached hydrogens (tertiary/aromatic N) is 4. The lowest BCUT2D eigenvalue weighted by Gasteiger charge is -2.25. The van der Waals surface area contributed by atoms with Crippen molar-refractivity contribution in [3.05, 3.63) is 35.7 Å². The molecule has 1 saturated heterocycles. The molecule has 25 heavy (non-hydrogen) atoms. The summed E-state index contributed by atoms with van der Waals surface area (Å²) in [6.07, 6.45) is 0. The maximum absolute atomic E-state index is 5.75. The molecule has 0 N–H and O–H groups in total. The standard InChI is InChI=1S/C17H18N4O2S2/c1-2-4-13(5-3-1)16-18-14(12-25-16)15-19-20-17(23-15)24-11-8-21-6-9-22-10-7-21/h1-5,12H,6-11H2. The first kappa shape index (κ1) is 16.7. The topological polar surface area (TPSA) is 64.3 Å². The highest BCUT2D eigenvalue weighted by molar-refractivity contribution is 7.99. The molecule has 3 aromatic rings. The van der Waals surface area contributed by atoms with Crippen LogP contribution in [-0.2, 0) is 4.74 Å². The Morgan fingerprint density at radius 2 is 1.96 bits per heavy atom. The van der Waals surface area contributed by atoms with Gasteiger partial charge in [-0.2, -0.15) is 0 Å². The summed E-state index contributed by atoms with van der Waals surface area (Å²) in [6.45, 7) is 4.64. The lowest BCUT2D eigenvalue weighted by Crippen LogP contribution is -2.37. The van der Waals surface area contributed by atoms with E-state index in [9.17, 15) is 0 Å². The zero-order valence-electron chi connectivity index (χ0n) is 13.6. The normalized spacial score (nSPS) is 15.5. The molecule has 0 spiro atoms. The highest BCUT2D eigenvalue weighted by Crippen LogP contribution is 2.29. The van der Waals surface area contributed by atoms with Crippen LogP contribution in [0.2, 0.25) is 0 Å². The lowest BCUT2D eigenvalue weighted by atomic mass is 10.2. The number of thiazole rings is 1. The zero-order valence-corrected chi connectivity index (χ0v) is 15.3. The number of hydrogen-bond donors (Lipinski definition) is 0. The van der Waals surface area contributed by atoms with Gasteiger partial charge in [0.1, 0.15) is 10.7 Å². The van der Waals surface area contributed by atoms with E-state index in [4.69, 9.17) is 9.15 Å². The van der Waals surface area contributed by atoms with Gasteiger partial charge in [-0.1, -0.05) is 42.1 Å². The van der Waals surface area contributed by atoms with Crippen molar-refractivity contribution in [1.82, 2.24) is 20.1 Å². The average Bonchev–Trinajstić information content (AvgIpc) is 3.33. The van der Waals surface area contributed by atoms with Crippen LogP contribution in [0.5, 0.6) is 0 Å². The summed E-state index contributed by atoms with van der Waals surface area (Å²) < 4.78 is 11.1. The Morgan fingerprint density at radius 3 is 2.80 bits per heavy atom. The largest absolute Gasteiger partial charge is 0.410 e. The number of hydrogen-bond acceptors (Lipinski definition) is 8. The summed E-state index contributed by atoms with van der Waals surface area (Å²) in [7, 11) is 0. The third-order valence-corrected chi connectivity index (χ3v) is 5.58. The van der Waals surface area contributed by atoms with E-state index in [1.165, 1.54) is 0 Å². The molecule has 2 aromatic heterocycles. The molecule has 0 unspecified atom stereocenters. The maximum atomic E-state index is 5.75. The van der Waals surface area contributed by atoms with Crippen molar-refractivity contribution in [2.45, 2.75) is 5.22 Å². The summed E-state index contributed by atoms with van der Waals surface area (Å²) in [4.78, 5) is 7.00. The van der Waals surface area contributed by atoms with E-state index >= 15 is 0 Å². The number of ether oxygens (including phenoxy) is 1. The van der Waals surface area contributed by atoms with Crippen molar-refractivity contribution in [2.75, 3.05) is 38.6 Å². The zero-order chi connectivity index (χ0) is 16.9. The van der Waals surface area contributed by atoms with E-state index in [0.717, 1.165) is 54.9 Å². The SMILES string of the molecule is c1ccc(-c2nc(-c3nnc(SCCN4CCOCC4)o3)cs2)cc1. The van der Waals surface area contributed by atoms with Crippen LogP contribution in [0.25, 0.3) is 22.2 Å². The molecular formula is C17H18N4O2S2. The van der Waals surface area contributed by atoms with Crippen molar-refractivity contribution in [3.8, 4) is 22.2 Å². The van der Waals surface area contributed by atoms with Gasteiger partial charge in [-0.05, 0) is 0 Å². The summed E-state index contributed by atoms with van der Waals surface area (Å²) in [5.74, 6) is 1.40. The molecule has 130 valence electrons. The Kier molecular flexibility index (Phi) is 5.41.